The number of nitrogens with one attached hydrogen (secondary N) is 1. The lowest BCUT2D eigenvalue weighted by Crippen LogP contribution is -2.34. The summed E-state index contributed by atoms with van der Waals surface area (Å²) in [5.41, 5.74) is 2.87. The first-order valence-corrected chi connectivity index (χ1v) is 14.7. The monoisotopic (exact) mass is 582 g/mol. The first-order valence-electron chi connectivity index (χ1n) is 12.5. The molecule has 0 aliphatic carbocycles. The molecule has 1 N–H and O–H groups in total. The number of aryl methyl sites for hydroxylation is 1. The molecule has 3 heterocycles. The quantitative estimate of drug-likeness (QED) is 0.230. The van der Waals surface area contributed by atoms with E-state index in [4.69, 9.17) is 21.3 Å². The van der Waals surface area contributed by atoms with Gasteiger partial charge in [-0.3, -0.25) is 19.0 Å². The highest BCUT2D eigenvalue weighted by molar-refractivity contribution is 7.99. The van der Waals surface area contributed by atoms with Gasteiger partial charge in [0.1, 0.15) is 10.6 Å². The Hall–Kier alpha value is -3.34. The van der Waals surface area contributed by atoms with Crippen LogP contribution >= 0.6 is 34.7 Å². The van der Waals surface area contributed by atoms with Crippen LogP contribution in [0.15, 0.2) is 52.4 Å². The lowest BCUT2D eigenvalue weighted by atomic mass is 10.1. The maximum absolute atomic E-state index is 14.0. The van der Waals surface area contributed by atoms with Crippen LogP contribution in [0.25, 0.3) is 15.9 Å². The molecule has 0 saturated heterocycles. The fourth-order valence-corrected chi connectivity index (χ4v) is 6.73. The molecule has 202 valence electrons. The van der Waals surface area contributed by atoms with Crippen LogP contribution in [0.4, 0.5) is 5.69 Å². The minimum atomic E-state index is -0.227. The second-order valence-electron chi connectivity index (χ2n) is 9.14. The molecule has 0 radical (unpaired) electrons. The van der Waals surface area contributed by atoms with E-state index >= 15 is 0 Å². The summed E-state index contributed by atoms with van der Waals surface area (Å²) in [6, 6.07) is 12.6. The van der Waals surface area contributed by atoms with E-state index in [1.807, 2.05) is 26.0 Å². The third-order valence-electron chi connectivity index (χ3n) is 6.48. The number of ether oxygens (including phenoxy) is 1. The van der Waals surface area contributed by atoms with Gasteiger partial charge in [-0.05, 0) is 67.8 Å². The van der Waals surface area contributed by atoms with Gasteiger partial charge in [0.25, 0.3) is 5.56 Å². The third-order valence-corrected chi connectivity index (χ3v) is 8.94. The van der Waals surface area contributed by atoms with Gasteiger partial charge < -0.3 is 15.0 Å². The topological polar surface area (TPSA) is 93.5 Å². The largest absolute Gasteiger partial charge is 0.494 e. The van der Waals surface area contributed by atoms with Crippen molar-refractivity contribution < 1.29 is 14.3 Å². The summed E-state index contributed by atoms with van der Waals surface area (Å²) in [6.07, 6.45) is 0.595. The molecule has 1 aliphatic heterocycles. The highest BCUT2D eigenvalue weighted by Crippen LogP contribution is 2.34. The molecule has 0 spiro atoms. The van der Waals surface area contributed by atoms with Gasteiger partial charge in [-0.25, -0.2) is 4.98 Å². The van der Waals surface area contributed by atoms with Crippen molar-refractivity contribution in [1.82, 2.24) is 14.5 Å². The van der Waals surface area contributed by atoms with Crippen molar-refractivity contribution >= 4 is 62.4 Å². The number of fused-ring (bicyclic) bond motifs is 3. The average Bonchev–Trinajstić information content (AvgIpc) is 3.28. The molecule has 4 aromatic rings. The van der Waals surface area contributed by atoms with Crippen LogP contribution < -0.4 is 15.6 Å². The highest BCUT2D eigenvalue weighted by Gasteiger charge is 2.27. The number of nitrogens with zero attached hydrogens (tertiary/aromatic N) is 3. The Balaban J connectivity index is 1.49. The Kier molecular flexibility index (Phi) is 7.97. The van der Waals surface area contributed by atoms with Crippen LogP contribution in [0.3, 0.4) is 0 Å². The van der Waals surface area contributed by atoms with Gasteiger partial charge in [0.05, 0.1) is 30.0 Å². The number of carbonyl (C=O) groups excluding carboxylic acids is 2. The van der Waals surface area contributed by atoms with E-state index in [0.29, 0.717) is 57.9 Å². The Bertz CT molecular complexity index is 1630. The maximum atomic E-state index is 14.0. The summed E-state index contributed by atoms with van der Waals surface area (Å²) in [5.74, 6) is 0.559. The molecule has 0 bridgehead atoms. The summed E-state index contributed by atoms with van der Waals surface area (Å²) in [4.78, 5) is 47.0. The molecule has 0 unspecified atom stereocenters. The third kappa shape index (κ3) is 5.68. The molecule has 2 aromatic carbocycles. The van der Waals surface area contributed by atoms with E-state index in [0.717, 1.165) is 21.8 Å². The molecule has 1 aliphatic rings. The van der Waals surface area contributed by atoms with Crippen LogP contribution in [0.5, 0.6) is 5.75 Å². The molecule has 39 heavy (non-hydrogen) atoms. The second-order valence-corrected chi connectivity index (χ2v) is 11.6. The zero-order valence-electron chi connectivity index (χ0n) is 21.7. The minimum absolute atomic E-state index is 0.00700. The molecule has 2 amide bonds. The summed E-state index contributed by atoms with van der Waals surface area (Å²) >= 11 is 9.04. The molecular formula is C28H27ClN4O4S2. The first-order chi connectivity index (χ1) is 18.7. The van der Waals surface area contributed by atoms with E-state index in [1.54, 1.807) is 42.2 Å². The number of hydrogen-bond acceptors (Lipinski definition) is 7. The van der Waals surface area contributed by atoms with Crippen molar-refractivity contribution in [3.63, 3.8) is 0 Å². The van der Waals surface area contributed by atoms with Crippen LogP contribution in [0.1, 0.15) is 29.9 Å². The fraction of sp³-hybridized carbons (Fsp3) is 0.286. The van der Waals surface area contributed by atoms with Crippen LogP contribution in [-0.2, 0) is 22.6 Å². The number of rotatable bonds is 7. The number of anilines is 1. The smallest absolute Gasteiger partial charge is 0.267 e. The second kappa shape index (κ2) is 11.4. The van der Waals surface area contributed by atoms with Crippen molar-refractivity contribution in [2.75, 3.05) is 24.2 Å². The lowest BCUT2D eigenvalue weighted by Gasteiger charge is -2.25. The molecule has 5 rings (SSSR count). The molecular weight excluding hydrogens is 556 g/mol. The summed E-state index contributed by atoms with van der Waals surface area (Å²) in [5, 5.41) is 4.38. The molecule has 0 fully saturated rings. The normalized spacial score (nSPS) is 12.9. The van der Waals surface area contributed by atoms with Gasteiger partial charge in [-0.2, -0.15) is 0 Å². The molecule has 0 saturated carbocycles. The van der Waals surface area contributed by atoms with Crippen LogP contribution in [0.2, 0.25) is 5.02 Å². The standard InChI is InChI=1S/C28H27ClN4O4S2/c1-4-37-20-9-6-18(7-10-20)30-24(35)15-38-28-31-26-25(21-11-12-32(17(3)34)14-23(21)39-26)27(36)33(28)19-8-5-16(2)22(29)13-19/h5-10,13H,4,11-12,14-15H2,1-3H3,(H,30,35). The van der Waals surface area contributed by atoms with E-state index in [2.05, 4.69) is 5.32 Å². The highest BCUT2D eigenvalue weighted by atomic mass is 35.5. The number of thioether (sulfide) groups is 1. The fourth-order valence-electron chi connectivity index (χ4n) is 4.47. The first kappa shape index (κ1) is 27.2. The van der Waals surface area contributed by atoms with E-state index in [9.17, 15) is 14.4 Å². The van der Waals surface area contributed by atoms with E-state index in [-0.39, 0.29) is 23.1 Å². The number of hydrogen-bond donors (Lipinski definition) is 1. The summed E-state index contributed by atoms with van der Waals surface area (Å²) in [6.45, 7) is 6.95. The Morgan fingerprint density at radius 2 is 1.97 bits per heavy atom. The Labute approximate surface area is 238 Å². The lowest BCUT2D eigenvalue weighted by molar-refractivity contribution is -0.129. The number of benzene rings is 2. The van der Waals surface area contributed by atoms with Crippen LogP contribution in [-0.4, -0.2) is 45.2 Å². The minimum Gasteiger partial charge on any atom is -0.494 e. The van der Waals surface area contributed by atoms with E-state index < -0.39 is 0 Å². The maximum Gasteiger partial charge on any atom is 0.267 e. The summed E-state index contributed by atoms with van der Waals surface area (Å²) < 4.78 is 6.99. The van der Waals surface area contributed by atoms with Gasteiger partial charge in [0.2, 0.25) is 11.8 Å². The van der Waals surface area contributed by atoms with Crippen molar-refractivity contribution in [1.29, 1.82) is 0 Å². The average molecular weight is 583 g/mol. The van der Waals surface area contributed by atoms with E-state index in [1.165, 1.54) is 27.7 Å². The zero-order valence-corrected chi connectivity index (χ0v) is 24.1. The Morgan fingerprint density at radius 1 is 1.21 bits per heavy atom. The number of carbonyl (C=O) groups is 2. The molecule has 8 nitrogen and oxygen atoms in total. The van der Waals surface area contributed by atoms with Crippen molar-refractivity contribution in [2.45, 2.75) is 38.9 Å². The zero-order chi connectivity index (χ0) is 27.7. The van der Waals surface area contributed by atoms with Gasteiger partial charge in [0, 0.05) is 29.1 Å². The molecule has 11 heteroatoms. The summed E-state index contributed by atoms with van der Waals surface area (Å²) in [7, 11) is 0. The number of halogens is 1. The van der Waals surface area contributed by atoms with Gasteiger partial charge in [0.15, 0.2) is 5.16 Å². The molecule has 2 aromatic heterocycles. The van der Waals surface area contributed by atoms with Crippen LogP contribution in [0, 0.1) is 6.92 Å². The number of thiophene rings is 1. The van der Waals surface area contributed by atoms with Gasteiger partial charge in [-0.1, -0.05) is 29.4 Å². The SMILES string of the molecule is CCOc1ccc(NC(=O)CSc2nc3sc4c(c3c(=O)n2-c2ccc(C)c(Cl)c2)CCN(C(C)=O)C4)cc1. The van der Waals surface area contributed by atoms with Crippen molar-refractivity contribution in [3.05, 3.63) is 73.8 Å². The van der Waals surface area contributed by atoms with Gasteiger partial charge in [-0.15, -0.1) is 11.3 Å². The predicted molar refractivity (Wildman–Crippen MR) is 157 cm³/mol. The van der Waals surface area contributed by atoms with Crippen molar-refractivity contribution in [3.8, 4) is 11.4 Å². The predicted octanol–water partition coefficient (Wildman–Crippen LogP) is 5.44. The molecule has 0 atom stereocenters. The number of aromatic nitrogens is 2. The van der Waals surface area contributed by atoms with Crippen molar-refractivity contribution in [2.24, 2.45) is 0 Å². The van der Waals surface area contributed by atoms with Gasteiger partial charge >= 0.3 is 0 Å². The number of amides is 2. The Morgan fingerprint density at radius 3 is 2.67 bits per heavy atom.